The number of carbonyl (C=O) groups is 2. The van der Waals surface area contributed by atoms with E-state index in [-0.39, 0.29) is 18.9 Å². The molecule has 96 valence electrons. The van der Waals surface area contributed by atoms with Gasteiger partial charge in [-0.1, -0.05) is 6.08 Å². The van der Waals surface area contributed by atoms with Gasteiger partial charge in [0.2, 0.25) is 5.91 Å². The zero-order valence-electron chi connectivity index (χ0n) is 9.85. The van der Waals surface area contributed by atoms with Crippen LogP contribution in [0.1, 0.15) is 5.69 Å². The number of aromatic nitrogens is 1. The highest BCUT2D eigenvalue weighted by atomic mass is 16.4. The third-order valence-corrected chi connectivity index (χ3v) is 2.02. The first-order valence-electron chi connectivity index (χ1n) is 5.40. The second-order valence-electron chi connectivity index (χ2n) is 3.58. The Labute approximate surface area is 105 Å². The number of hydrogen-bond donors (Lipinski definition) is 3. The van der Waals surface area contributed by atoms with Gasteiger partial charge in [-0.05, 0) is 12.1 Å². The number of nitrogens with zero attached hydrogens (tertiary/aromatic N) is 1. The third kappa shape index (κ3) is 5.22. The zero-order chi connectivity index (χ0) is 13.4. The summed E-state index contributed by atoms with van der Waals surface area (Å²) in [7, 11) is 0. The summed E-state index contributed by atoms with van der Waals surface area (Å²) >= 11 is 0. The van der Waals surface area contributed by atoms with Crippen LogP contribution in [0.5, 0.6) is 0 Å². The summed E-state index contributed by atoms with van der Waals surface area (Å²) in [5.74, 6) is -1.13. The number of aliphatic carboxylic acids is 1. The minimum atomic E-state index is -0.937. The van der Waals surface area contributed by atoms with E-state index in [9.17, 15) is 9.59 Å². The largest absolute Gasteiger partial charge is 0.481 e. The van der Waals surface area contributed by atoms with Crippen molar-refractivity contribution in [1.29, 1.82) is 0 Å². The smallest absolute Gasteiger partial charge is 0.309 e. The molecule has 18 heavy (non-hydrogen) atoms. The Morgan fingerprint density at radius 3 is 2.78 bits per heavy atom. The lowest BCUT2D eigenvalue weighted by atomic mass is 10.2. The van der Waals surface area contributed by atoms with Crippen LogP contribution in [0.2, 0.25) is 0 Å². The Bertz CT molecular complexity index is 429. The monoisotopic (exact) mass is 249 g/mol. The fourth-order valence-corrected chi connectivity index (χ4v) is 1.25. The van der Waals surface area contributed by atoms with Crippen LogP contribution in [0.15, 0.2) is 31.0 Å². The van der Waals surface area contributed by atoms with Gasteiger partial charge < -0.3 is 15.7 Å². The molecule has 1 amide bonds. The van der Waals surface area contributed by atoms with Crippen molar-refractivity contribution in [2.24, 2.45) is 0 Å². The summed E-state index contributed by atoms with van der Waals surface area (Å²) in [6, 6.07) is 3.19. The van der Waals surface area contributed by atoms with Gasteiger partial charge >= 0.3 is 5.97 Å². The SMILES string of the molecule is C=CCNCC(=O)Nc1ccc(CC(=O)O)nc1. The highest BCUT2D eigenvalue weighted by molar-refractivity contribution is 5.92. The lowest BCUT2D eigenvalue weighted by molar-refractivity contribution is -0.136. The average molecular weight is 249 g/mol. The van der Waals surface area contributed by atoms with Crippen molar-refractivity contribution in [1.82, 2.24) is 10.3 Å². The van der Waals surface area contributed by atoms with Gasteiger partial charge in [-0.15, -0.1) is 6.58 Å². The predicted octanol–water partition coefficient (Wildman–Crippen LogP) is 0.423. The van der Waals surface area contributed by atoms with Gasteiger partial charge in [0.25, 0.3) is 0 Å². The van der Waals surface area contributed by atoms with Crippen molar-refractivity contribution in [3.8, 4) is 0 Å². The minimum absolute atomic E-state index is 0.130. The Morgan fingerprint density at radius 2 is 2.22 bits per heavy atom. The van der Waals surface area contributed by atoms with Gasteiger partial charge in [0, 0.05) is 6.54 Å². The maximum Gasteiger partial charge on any atom is 0.309 e. The maximum atomic E-state index is 11.4. The average Bonchev–Trinajstić information content (AvgIpc) is 2.31. The van der Waals surface area contributed by atoms with E-state index in [1.165, 1.54) is 6.20 Å². The van der Waals surface area contributed by atoms with Crippen molar-refractivity contribution >= 4 is 17.6 Å². The molecule has 0 radical (unpaired) electrons. The topological polar surface area (TPSA) is 91.3 Å². The van der Waals surface area contributed by atoms with Crippen LogP contribution in [0, 0.1) is 0 Å². The molecule has 0 unspecified atom stereocenters. The number of carboxylic acids is 1. The van der Waals surface area contributed by atoms with Crippen LogP contribution in [0.4, 0.5) is 5.69 Å². The summed E-state index contributed by atoms with van der Waals surface area (Å²) in [5.41, 5.74) is 0.986. The van der Waals surface area contributed by atoms with Crippen molar-refractivity contribution < 1.29 is 14.7 Å². The highest BCUT2D eigenvalue weighted by Crippen LogP contribution is 2.06. The van der Waals surface area contributed by atoms with Crippen molar-refractivity contribution in [3.63, 3.8) is 0 Å². The molecule has 6 nitrogen and oxygen atoms in total. The molecule has 1 heterocycles. The number of anilines is 1. The summed E-state index contributed by atoms with van der Waals surface area (Å²) in [4.78, 5) is 25.8. The molecule has 0 fully saturated rings. The lowest BCUT2D eigenvalue weighted by Gasteiger charge is -2.05. The summed E-state index contributed by atoms with van der Waals surface area (Å²) < 4.78 is 0. The number of amides is 1. The second kappa shape index (κ2) is 7.18. The van der Waals surface area contributed by atoms with E-state index in [1.807, 2.05) is 0 Å². The number of nitrogens with one attached hydrogen (secondary N) is 2. The van der Waals surface area contributed by atoms with E-state index in [4.69, 9.17) is 5.11 Å². The van der Waals surface area contributed by atoms with Gasteiger partial charge in [0.15, 0.2) is 0 Å². The van der Waals surface area contributed by atoms with Crippen LogP contribution in [0.3, 0.4) is 0 Å². The molecule has 0 saturated carbocycles. The van der Waals surface area contributed by atoms with Crippen molar-refractivity contribution in [3.05, 3.63) is 36.7 Å². The van der Waals surface area contributed by atoms with Crippen LogP contribution >= 0.6 is 0 Å². The Morgan fingerprint density at radius 1 is 1.44 bits per heavy atom. The van der Waals surface area contributed by atoms with Gasteiger partial charge in [0.05, 0.1) is 30.5 Å². The van der Waals surface area contributed by atoms with Gasteiger partial charge in [-0.25, -0.2) is 0 Å². The molecule has 0 aromatic carbocycles. The molecule has 1 aromatic heterocycles. The first kappa shape index (κ1) is 13.9. The summed E-state index contributed by atoms with van der Waals surface area (Å²) in [6.07, 6.45) is 2.97. The van der Waals surface area contributed by atoms with Crippen LogP contribution in [0.25, 0.3) is 0 Å². The number of rotatable bonds is 7. The van der Waals surface area contributed by atoms with E-state index < -0.39 is 5.97 Å². The van der Waals surface area contributed by atoms with Crippen molar-refractivity contribution in [2.45, 2.75) is 6.42 Å². The number of hydrogen-bond acceptors (Lipinski definition) is 4. The molecule has 0 aliphatic carbocycles. The molecule has 0 aliphatic heterocycles. The van der Waals surface area contributed by atoms with E-state index in [1.54, 1.807) is 18.2 Å². The normalized spacial score (nSPS) is 9.78. The number of pyridine rings is 1. The van der Waals surface area contributed by atoms with Crippen molar-refractivity contribution in [2.75, 3.05) is 18.4 Å². The first-order chi connectivity index (χ1) is 8.61. The number of carbonyl (C=O) groups excluding carboxylic acids is 1. The van der Waals surface area contributed by atoms with E-state index in [2.05, 4.69) is 22.2 Å². The summed E-state index contributed by atoms with van der Waals surface area (Å²) in [6.45, 7) is 4.26. The first-order valence-corrected chi connectivity index (χ1v) is 5.40. The van der Waals surface area contributed by atoms with Crippen LogP contribution < -0.4 is 10.6 Å². The molecule has 0 bridgehead atoms. The molecule has 0 aliphatic rings. The molecule has 0 saturated heterocycles. The van der Waals surface area contributed by atoms with Gasteiger partial charge in [0.1, 0.15) is 0 Å². The summed E-state index contributed by atoms with van der Waals surface area (Å²) in [5, 5.41) is 14.1. The standard InChI is InChI=1S/C12H15N3O3/c1-2-5-13-8-11(16)15-10-4-3-9(14-7-10)6-12(17)18/h2-4,7,13H,1,5-6,8H2,(H,15,16)(H,17,18). The maximum absolute atomic E-state index is 11.4. The molecular formula is C12H15N3O3. The van der Waals surface area contributed by atoms with Crippen LogP contribution in [-0.4, -0.2) is 35.1 Å². The molecule has 3 N–H and O–H groups in total. The second-order valence-corrected chi connectivity index (χ2v) is 3.58. The quantitative estimate of drug-likeness (QED) is 0.481. The number of carboxylic acid groups (broad SMARTS) is 1. The van der Waals surface area contributed by atoms with E-state index >= 15 is 0 Å². The Balaban J connectivity index is 2.45. The van der Waals surface area contributed by atoms with E-state index in [0.29, 0.717) is 17.9 Å². The fraction of sp³-hybridized carbons (Fsp3) is 0.250. The Hall–Kier alpha value is -2.21. The molecule has 1 rings (SSSR count). The Kier molecular flexibility index (Phi) is 5.53. The molecule has 0 spiro atoms. The van der Waals surface area contributed by atoms with Crippen LogP contribution in [-0.2, 0) is 16.0 Å². The molecule has 6 heteroatoms. The van der Waals surface area contributed by atoms with E-state index in [0.717, 1.165) is 0 Å². The third-order valence-electron chi connectivity index (χ3n) is 2.02. The van der Waals surface area contributed by atoms with Gasteiger partial charge in [-0.3, -0.25) is 14.6 Å². The van der Waals surface area contributed by atoms with Gasteiger partial charge in [-0.2, -0.15) is 0 Å². The molecule has 0 atom stereocenters. The predicted molar refractivity (Wildman–Crippen MR) is 67.3 cm³/mol. The zero-order valence-corrected chi connectivity index (χ0v) is 9.85. The minimum Gasteiger partial charge on any atom is -0.481 e. The molecule has 1 aromatic rings. The lowest BCUT2D eigenvalue weighted by Crippen LogP contribution is -2.28. The molecular weight excluding hydrogens is 234 g/mol. The highest BCUT2D eigenvalue weighted by Gasteiger charge is 2.04. The fourth-order valence-electron chi connectivity index (χ4n) is 1.25.